The van der Waals surface area contributed by atoms with E-state index >= 15 is 0 Å². The minimum absolute atomic E-state index is 0.0850. The van der Waals surface area contributed by atoms with E-state index in [4.69, 9.17) is 9.84 Å². The lowest BCUT2D eigenvalue weighted by atomic mass is 10.1. The van der Waals surface area contributed by atoms with Gasteiger partial charge < -0.3 is 9.84 Å². The molecule has 0 heterocycles. The van der Waals surface area contributed by atoms with Gasteiger partial charge in [0.2, 0.25) is 0 Å². The first-order chi connectivity index (χ1) is 7.88. The standard InChI is InChI=1S/C14H16O2/c15-10-13-7-4-8-14(9-13)16-11-12-5-2-1-3-6-12/h1-7,9,14-15H,8,10-11H2. The van der Waals surface area contributed by atoms with Gasteiger partial charge >= 0.3 is 0 Å². The molecule has 1 aliphatic carbocycles. The Morgan fingerprint density at radius 3 is 2.81 bits per heavy atom. The first kappa shape index (κ1) is 11.1. The van der Waals surface area contributed by atoms with Crippen molar-refractivity contribution in [2.24, 2.45) is 0 Å². The highest BCUT2D eigenvalue weighted by Gasteiger charge is 2.09. The molecule has 1 atom stereocenters. The summed E-state index contributed by atoms with van der Waals surface area (Å²) < 4.78 is 5.76. The highest BCUT2D eigenvalue weighted by atomic mass is 16.5. The van der Waals surface area contributed by atoms with E-state index in [9.17, 15) is 0 Å². The first-order valence-corrected chi connectivity index (χ1v) is 5.52. The van der Waals surface area contributed by atoms with Gasteiger partial charge in [0.15, 0.2) is 0 Å². The quantitative estimate of drug-likeness (QED) is 0.837. The molecular formula is C14H16O2. The van der Waals surface area contributed by atoms with Gasteiger partial charge in [-0.15, -0.1) is 0 Å². The summed E-state index contributed by atoms with van der Waals surface area (Å²) in [5.74, 6) is 0. The first-order valence-electron chi connectivity index (χ1n) is 5.52. The molecular weight excluding hydrogens is 200 g/mol. The Morgan fingerprint density at radius 2 is 2.06 bits per heavy atom. The number of aliphatic hydroxyl groups excluding tert-OH is 1. The Kier molecular flexibility index (Phi) is 3.91. The van der Waals surface area contributed by atoms with E-state index in [-0.39, 0.29) is 12.7 Å². The average molecular weight is 216 g/mol. The van der Waals surface area contributed by atoms with Crippen LogP contribution in [0.25, 0.3) is 0 Å². The molecule has 2 rings (SSSR count). The van der Waals surface area contributed by atoms with Crippen LogP contribution in [0.3, 0.4) is 0 Å². The summed E-state index contributed by atoms with van der Waals surface area (Å²) in [5, 5.41) is 9.02. The smallest absolute Gasteiger partial charge is 0.0801 e. The molecule has 0 aromatic heterocycles. The zero-order valence-corrected chi connectivity index (χ0v) is 9.17. The van der Waals surface area contributed by atoms with Crippen molar-refractivity contribution in [2.75, 3.05) is 6.61 Å². The Labute approximate surface area is 95.9 Å². The zero-order chi connectivity index (χ0) is 11.2. The molecule has 0 spiro atoms. The molecule has 1 aromatic rings. The Morgan fingerprint density at radius 1 is 1.25 bits per heavy atom. The normalized spacial score (nSPS) is 19.6. The van der Waals surface area contributed by atoms with Gasteiger partial charge in [0.1, 0.15) is 0 Å². The third-order valence-corrected chi connectivity index (χ3v) is 2.59. The highest BCUT2D eigenvalue weighted by Crippen LogP contribution is 2.14. The topological polar surface area (TPSA) is 29.5 Å². The van der Waals surface area contributed by atoms with Gasteiger partial charge in [-0.2, -0.15) is 0 Å². The molecule has 1 aliphatic rings. The lowest BCUT2D eigenvalue weighted by molar-refractivity contribution is 0.0722. The fraction of sp³-hybridized carbons (Fsp3) is 0.286. The summed E-state index contributed by atoms with van der Waals surface area (Å²) in [5.41, 5.74) is 2.11. The maximum absolute atomic E-state index is 9.02. The van der Waals surface area contributed by atoms with Gasteiger partial charge in [0.25, 0.3) is 0 Å². The third kappa shape index (κ3) is 3.05. The van der Waals surface area contributed by atoms with Crippen molar-refractivity contribution in [3.8, 4) is 0 Å². The second-order valence-electron chi connectivity index (χ2n) is 3.87. The maximum atomic E-state index is 9.02. The second kappa shape index (κ2) is 5.64. The van der Waals surface area contributed by atoms with Crippen molar-refractivity contribution in [3.05, 3.63) is 59.7 Å². The van der Waals surface area contributed by atoms with Crippen molar-refractivity contribution in [1.29, 1.82) is 0 Å². The molecule has 0 aliphatic heterocycles. The maximum Gasteiger partial charge on any atom is 0.0801 e. The van der Waals surface area contributed by atoms with Gasteiger partial charge in [-0.05, 0) is 17.6 Å². The number of rotatable bonds is 4. The molecule has 1 unspecified atom stereocenters. The van der Waals surface area contributed by atoms with E-state index in [0.29, 0.717) is 6.61 Å². The predicted molar refractivity (Wildman–Crippen MR) is 63.9 cm³/mol. The van der Waals surface area contributed by atoms with Crippen LogP contribution in [0.5, 0.6) is 0 Å². The van der Waals surface area contributed by atoms with Crippen molar-refractivity contribution in [2.45, 2.75) is 19.1 Å². The number of hydrogen-bond donors (Lipinski definition) is 1. The number of aliphatic hydroxyl groups is 1. The van der Waals surface area contributed by atoms with Crippen molar-refractivity contribution in [3.63, 3.8) is 0 Å². The molecule has 0 radical (unpaired) electrons. The van der Waals surface area contributed by atoms with Crippen LogP contribution in [0.2, 0.25) is 0 Å². The fourth-order valence-electron chi connectivity index (χ4n) is 1.71. The largest absolute Gasteiger partial charge is 0.392 e. The van der Waals surface area contributed by atoms with E-state index in [1.807, 2.05) is 36.4 Å². The second-order valence-corrected chi connectivity index (χ2v) is 3.87. The molecule has 16 heavy (non-hydrogen) atoms. The molecule has 1 N–H and O–H groups in total. The molecule has 84 valence electrons. The van der Waals surface area contributed by atoms with Crippen LogP contribution in [0.4, 0.5) is 0 Å². The van der Waals surface area contributed by atoms with E-state index in [0.717, 1.165) is 12.0 Å². The van der Waals surface area contributed by atoms with Crippen molar-refractivity contribution in [1.82, 2.24) is 0 Å². The molecule has 0 fully saturated rings. The number of hydrogen-bond acceptors (Lipinski definition) is 2. The lowest BCUT2D eigenvalue weighted by Crippen LogP contribution is -2.12. The number of ether oxygens (including phenoxy) is 1. The minimum Gasteiger partial charge on any atom is -0.392 e. The van der Waals surface area contributed by atoms with Crippen LogP contribution in [0.1, 0.15) is 12.0 Å². The summed E-state index contributed by atoms with van der Waals surface area (Å²) in [4.78, 5) is 0. The van der Waals surface area contributed by atoms with Gasteiger partial charge in [-0.3, -0.25) is 0 Å². The Balaban J connectivity index is 1.87. The SMILES string of the molecule is OCC1=CC(OCc2ccccc2)CC=C1. The van der Waals surface area contributed by atoms with E-state index in [2.05, 4.69) is 12.1 Å². The van der Waals surface area contributed by atoms with Crippen molar-refractivity contribution < 1.29 is 9.84 Å². The van der Waals surface area contributed by atoms with Crippen LogP contribution < -0.4 is 0 Å². The molecule has 1 aromatic carbocycles. The summed E-state index contributed by atoms with van der Waals surface area (Å²) in [7, 11) is 0. The predicted octanol–water partition coefficient (Wildman–Crippen LogP) is 2.45. The molecule has 2 nitrogen and oxygen atoms in total. The average Bonchev–Trinajstić information content (AvgIpc) is 2.38. The summed E-state index contributed by atoms with van der Waals surface area (Å²) in [6, 6.07) is 10.1. The third-order valence-electron chi connectivity index (χ3n) is 2.59. The summed E-state index contributed by atoms with van der Waals surface area (Å²) in [6.07, 6.45) is 6.95. The van der Waals surface area contributed by atoms with Crippen LogP contribution in [0.15, 0.2) is 54.1 Å². The monoisotopic (exact) mass is 216 g/mol. The summed E-state index contributed by atoms with van der Waals surface area (Å²) in [6.45, 7) is 0.705. The minimum atomic E-state index is 0.0850. The number of benzene rings is 1. The Bertz CT molecular complexity index is 379. The molecule has 0 saturated heterocycles. The molecule has 0 amide bonds. The van der Waals surface area contributed by atoms with Crippen LogP contribution >= 0.6 is 0 Å². The van der Waals surface area contributed by atoms with Gasteiger partial charge in [-0.25, -0.2) is 0 Å². The lowest BCUT2D eigenvalue weighted by Gasteiger charge is -2.16. The van der Waals surface area contributed by atoms with Crippen LogP contribution in [-0.2, 0) is 11.3 Å². The summed E-state index contributed by atoms with van der Waals surface area (Å²) >= 11 is 0. The molecule has 2 heteroatoms. The highest BCUT2D eigenvalue weighted by molar-refractivity contribution is 5.25. The van der Waals surface area contributed by atoms with Crippen molar-refractivity contribution >= 4 is 0 Å². The van der Waals surface area contributed by atoms with Crippen LogP contribution in [-0.4, -0.2) is 17.8 Å². The van der Waals surface area contributed by atoms with E-state index in [1.165, 1.54) is 5.56 Å². The Hall–Kier alpha value is -1.38. The van der Waals surface area contributed by atoms with E-state index < -0.39 is 0 Å². The fourth-order valence-corrected chi connectivity index (χ4v) is 1.71. The van der Waals surface area contributed by atoms with E-state index in [1.54, 1.807) is 0 Å². The van der Waals surface area contributed by atoms with Gasteiger partial charge in [0.05, 0.1) is 19.3 Å². The molecule has 0 saturated carbocycles. The van der Waals surface area contributed by atoms with Crippen LogP contribution in [0, 0.1) is 0 Å². The zero-order valence-electron chi connectivity index (χ0n) is 9.17. The van der Waals surface area contributed by atoms with Gasteiger partial charge in [0, 0.05) is 0 Å². The van der Waals surface area contributed by atoms with Gasteiger partial charge in [-0.1, -0.05) is 48.6 Å². The molecule has 0 bridgehead atoms.